The molecule has 0 bridgehead atoms. The number of hydrogen-bond donors (Lipinski definition) is 4. The highest BCUT2D eigenvalue weighted by molar-refractivity contribution is 6.00. The van der Waals surface area contributed by atoms with E-state index in [9.17, 15) is 14.0 Å². The molecular formula is C13H16FN3O3. The lowest BCUT2D eigenvalue weighted by Crippen LogP contribution is -2.44. The number of halogens is 1. The zero-order chi connectivity index (χ0) is 14.5. The van der Waals surface area contributed by atoms with Crippen LogP contribution in [0.3, 0.4) is 0 Å². The first-order valence-electron chi connectivity index (χ1n) is 6.38. The topological polar surface area (TPSA) is 90.5 Å². The Labute approximate surface area is 115 Å². The minimum atomic E-state index is -1.29. The van der Waals surface area contributed by atoms with Gasteiger partial charge in [0.1, 0.15) is 5.82 Å². The second-order valence-corrected chi connectivity index (χ2v) is 4.59. The van der Waals surface area contributed by atoms with Crippen LogP contribution in [-0.4, -0.2) is 36.2 Å². The maximum atomic E-state index is 13.6. The Morgan fingerprint density at radius 2 is 2.00 bits per heavy atom. The summed E-state index contributed by atoms with van der Waals surface area (Å²) in [6, 6.07) is 3.05. The molecule has 7 heteroatoms. The summed E-state index contributed by atoms with van der Waals surface area (Å²) in [6.07, 6.45) is 1.58. The molecule has 2 rings (SSSR count). The van der Waals surface area contributed by atoms with Gasteiger partial charge in [-0.1, -0.05) is 6.07 Å². The van der Waals surface area contributed by atoms with E-state index in [-0.39, 0.29) is 17.3 Å². The highest BCUT2D eigenvalue weighted by Gasteiger charge is 2.19. The molecular weight excluding hydrogens is 265 g/mol. The molecule has 0 spiro atoms. The maximum absolute atomic E-state index is 13.6. The number of piperidine rings is 1. The molecule has 0 aliphatic carbocycles. The van der Waals surface area contributed by atoms with Gasteiger partial charge in [0.05, 0.1) is 11.3 Å². The van der Waals surface area contributed by atoms with Crippen molar-refractivity contribution in [3.05, 3.63) is 29.6 Å². The van der Waals surface area contributed by atoms with Crippen LogP contribution in [0.4, 0.5) is 14.9 Å². The molecule has 1 heterocycles. The number of aromatic carboxylic acids is 1. The molecule has 1 saturated heterocycles. The number of hydrogen-bond acceptors (Lipinski definition) is 3. The van der Waals surface area contributed by atoms with Crippen LogP contribution in [-0.2, 0) is 0 Å². The molecule has 108 valence electrons. The maximum Gasteiger partial charge on any atom is 0.337 e. The molecule has 0 unspecified atom stereocenters. The summed E-state index contributed by atoms with van der Waals surface area (Å²) in [5.41, 5.74) is -0.586. The number of carboxylic acid groups (broad SMARTS) is 1. The van der Waals surface area contributed by atoms with E-state index in [0.29, 0.717) is 0 Å². The van der Waals surface area contributed by atoms with Gasteiger partial charge in [-0.3, -0.25) is 0 Å². The van der Waals surface area contributed by atoms with Crippen LogP contribution >= 0.6 is 0 Å². The SMILES string of the molecule is O=C(Nc1c(F)cccc1C(=O)O)NC1CCNCC1. The normalized spacial score (nSPS) is 15.7. The first kappa shape index (κ1) is 14.3. The molecule has 0 radical (unpaired) electrons. The van der Waals surface area contributed by atoms with E-state index < -0.39 is 17.8 Å². The first-order chi connectivity index (χ1) is 9.58. The highest BCUT2D eigenvalue weighted by Crippen LogP contribution is 2.19. The van der Waals surface area contributed by atoms with Crippen molar-refractivity contribution in [2.24, 2.45) is 0 Å². The average Bonchev–Trinajstić information content (AvgIpc) is 2.42. The fourth-order valence-corrected chi connectivity index (χ4v) is 2.13. The Morgan fingerprint density at radius 3 is 2.65 bits per heavy atom. The fourth-order valence-electron chi connectivity index (χ4n) is 2.13. The molecule has 1 aromatic rings. The second-order valence-electron chi connectivity index (χ2n) is 4.59. The van der Waals surface area contributed by atoms with Gasteiger partial charge in [-0.15, -0.1) is 0 Å². The predicted molar refractivity (Wildman–Crippen MR) is 71.4 cm³/mol. The molecule has 20 heavy (non-hydrogen) atoms. The van der Waals surface area contributed by atoms with Crippen molar-refractivity contribution in [3.63, 3.8) is 0 Å². The smallest absolute Gasteiger partial charge is 0.337 e. The van der Waals surface area contributed by atoms with Crippen molar-refractivity contribution in [1.29, 1.82) is 0 Å². The minimum absolute atomic E-state index is 0.0105. The highest BCUT2D eigenvalue weighted by atomic mass is 19.1. The number of carboxylic acids is 1. The summed E-state index contributed by atoms with van der Waals surface area (Å²) in [6.45, 7) is 1.62. The van der Waals surface area contributed by atoms with E-state index in [1.807, 2.05) is 0 Å². The van der Waals surface area contributed by atoms with E-state index in [4.69, 9.17) is 5.11 Å². The number of carbonyl (C=O) groups is 2. The van der Waals surface area contributed by atoms with E-state index in [1.165, 1.54) is 12.1 Å². The predicted octanol–water partition coefficient (Wildman–Crippen LogP) is 1.40. The molecule has 0 aromatic heterocycles. The van der Waals surface area contributed by atoms with E-state index in [2.05, 4.69) is 16.0 Å². The van der Waals surface area contributed by atoms with Crippen molar-refractivity contribution in [2.45, 2.75) is 18.9 Å². The average molecular weight is 281 g/mol. The summed E-state index contributed by atoms with van der Waals surface area (Å²) in [4.78, 5) is 22.8. The van der Waals surface area contributed by atoms with Gasteiger partial charge in [0.15, 0.2) is 0 Å². The molecule has 4 N–H and O–H groups in total. The zero-order valence-electron chi connectivity index (χ0n) is 10.8. The van der Waals surface area contributed by atoms with Crippen LogP contribution in [0.15, 0.2) is 18.2 Å². The lowest BCUT2D eigenvalue weighted by atomic mass is 10.1. The standard InChI is InChI=1S/C13H16FN3O3/c14-10-3-1-2-9(12(18)19)11(10)17-13(20)16-8-4-6-15-7-5-8/h1-3,8,15H,4-7H2,(H,18,19)(H2,16,17,20). The third-order valence-corrected chi connectivity index (χ3v) is 3.16. The fraction of sp³-hybridized carbons (Fsp3) is 0.385. The number of benzene rings is 1. The third-order valence-electron chi connectivity index (χ3n) is 3.16. The Morgan fingerprint density at radius 1 is 1.30 bits per heavy atom. The molecule has 0 atom stereocenters. The summed E-state index contributed by atoms with van der Waals surface area (Å²) < 4.78 is 13.6. The molecule has 1 aliphatic rings. The van der Waals surface area contributed by atoms with E-state index >= 15 is 0 Å². The van der Waals surface area contributed by atoms with Gasteiger partial charge in [0, 0.05) is 6.04 Å². The van der Waals surface area contributed by atoms with Crippen LogP contribution in [0.1, 0.15) is 23.2 Å². The second kappa shape index (κ2) is 6.33. The summed E-state index contributed by atoms with van der Waals surface area (Å²) in [5.74, 6) is -2.06. The van der Waals surface area contributed by atoms with Gasteiger partial charge in [0.25, 0.3) is 0 Å². The van der Waals surface area contributed by atoms with Crippen LogP contribution in [0, 0.1) is 5.82 Å². The Hall–Kier alpha value is -2.15. The van der Waals surface area contributed by atoms with E-state index in [0.717, 1.165) is 32.0 Å². The number of para-hydroxylation sites is 1. The Balaban J connectivity index is 2.05. The zero-order valence-corrected chi connectivity index (χ0v) is 10.8. The lowest BCUT2D eigenvalue weighted by Gasteiger charge is -2.24. The quantitative estimate of drug-likeness (QED) is 0.674. The van der Waals surface area contributed by atoms with Crippen molar-refractivity contribution in [1.82, 2.24) is 10.6 Å². The van der Waals surface area contributed by atoms with Crippen LogP contribution in [0.25, 0.3) is 0 Å². The van der Waals surface area contributed by atoms with Crippen molar-refractivity contribution in [3.8, 4) is 0 Å². The largest absolute Gasteiger partial charge is 0.478 e. The number of anilines is 1. The van der Waals surface area contributed by atoms with Crippen molar-refractivity contribution in [2.75, 3.05) is 18.4 Å². The molecule has 2 amide bonds. The summed E-state index contributed by atoms with van der Waals surface area (Å²) in [5, 5.41) is 17.1. The van der Waals surface area contributed by atoms with E-state index in [1.54, 1.807) is 0 Å². The van der Waals surface area contributed by atoms with Crippen molar-refractivity contribution >= 4 is 17.7 Å². The van der Waals surface area contributed by atoms with Gasteiger partial charge < -0.3 is 21.1 Å². The number of urea groups is 1. The summed E-state index contributed by atoms with van der Waals surface area (Å²) in [7, 11) is 0. The van der Waals surface area contributed by atoms with Gasteiger partial charge in [-0.05, 0) is 38.1 Å². The third kappa shape index (κ3) is 3.45. The first-order valence-corrected chi connectivity index (χ1v) is 6.38. The number of rotatable bonds is 3. The molecule has 1 fully saturated rings. The number of nitrogens with one attached hydrogen (secondary N) is 3. The van der Waals surface area contributed by atoms with Gasteiger partial charge in [-0.2, -0.15) is 0 Å². The molecule has 0 saturated carbocycles. The number of amides is 2. The van der Waals surface area contributed by atoms with Crippen molar-refractivity contribution < 1.29 is 19.1 Å². The van der Waals surface area contributed by atoms with Gasteiger partial charge >= 0.3 is 12.0 Å². The Bertz CT molecular complexity index is 516. The Kier molecular flexibility index (Phi) is 4.52. The van der Waals surface area contributed by atoms with Crippen LogP contribution in [0.2, 0.25) is 0 Å². The lowest BCUT2D eigenvalue weighted by molar-refractivity contribution is 0.0697. The number of carbonyl (C=O) groups excluding carboxylic acids is 1. The van der Waals surface area contributed by atoms with Gasteiger partial charge in [0.2, 0.25) is 0 Å². The van der Waals surface area contributed by atoms with Crippen LogP contribution < -0.4 is 16.0 Å². The minimum Gasteiger partial charge on any atom is -0.478 e. The van der Waals surface area contributed by atoms with Gasteiger partial charge in [-0.25, -0.2) is 14.0 Å². The molecule has 1 aliphatic heterocycles. The monoisotopic (exact) mass is 281 g/mol. The van der Waals surface area contributed by atoms with Crippen LogP contribution in [0.5, 0.6) is 0 Å². The summed E-state index contributed by atoms with van der Waals surface area (Å²) >= 11 is 0. The molecule has 1 aromatic carbocycles. The molecule has 6 nitrogen and oxygen atoms in total.